The Balaban J connectivity index is 1.96. The Morgan fingerprint density at radius 1 is 1.20 bits per heavy atom. The monoisotopic (exact) mass is 354 g/mol. The van der Waals surface area contributed by atoms with E-state index in [1.54, 1.807) is 18.2 Å². The highest BCUT2D eigenvalue weighted by Crippen LogP contribution is 2.29. The number of hydrazone groups is 1. The van der Waals surface area contributed by atoms with E-state index in [9.17, 15) is 4.79 Å². The zero-order valence-corrected chi connectivity index (χ0v) is 15.0. The number of ether oxygens (including phenoxy) is 1. The van der Waals surface area contributed by atoms with Crippen LogP contribution >= 0.6 is 11.6 Å². The van der Waals surface area contributed by atoms with E-state index in [0.717, 1.165) is 17.7 Å². The lowest BCUT2D eigenvalue weighted by atomic mass is 10.1. The van der Waals surface area contributed by atoms with Crippen molar-refractivity contribution >= 4 is 35.0 Å². The molecule has 1 aliphatic heterocycles. The number of carbonyl (C=O) groups excluding carboxylic acids is 1. The second kappa shape index (κ2) is 7.53. The summed E-state index contributed by atoms with van der Waals surface area (Å²) in [7, 11) is 0. The first-order valence-corrected chi connectivity index (χ1v) is 8.57. The van der Waals surface area contributed by atoms with Crippen LogP contribution < -0.4 is 9.75 Å². The summed E-state index contributed by atoms with van der Waals surface area (Å²) in [6, 6.07) is 14.8. The maximum atomic E-state index is 12.8. The normalized spacial score (nSPS) is 15.6. The van der Waals surface area contributed by atoms with Crippen LogP contribution in [-0.4, -0.2) is 18.2 Å². The minimum Gasteiger partial charge on any atom is -0.493 e. The van der Waals surface area contributed by atoms with E-state index in [1.807, 2.05) is 50.2 Å². The second-order valence-electron chi connectivity index (χ2n) is 5.73. The molecule has 4 nitrogen and oxygen atoms in total. The van der Waals surface area contributed by atoms with Crippen molar-refractivity contribution in [1.29, 1.82) is 0 Å². The summed E-state index contributed by atoms with van der Waals surface area (Å²) in [5, 5.41) is 6.40. The van der Waals surface area contributed by atoms with Crippen molar-refractivity contribution in [1.82, 2.24) is 0 Å². The van der Waals surface area contributed by atoms with Gasteiger partial charge in [0, 0.05) is 10.6 Å². The Hall–Kier alpha value is -2.59. The Kier molecular flexibility index (Phi) is 5.19. The first kappa shape index (κ1) is 17.2. The van der Waals surface area contributed by atoms with Crippen LogP contribution in [0.5, 0.6) is 5.75 Å². The van der Waals surface area contributed by atoms with Gasteiger partial charge in [-0.2, -0.15) is 10.1 Å². The number of anilines is 1. The number of rotatable bonds is 5. The topological polar surface area (TPSA) is 41.9 Å². The van der Waals surface area contributed by atoms with E-state index >= 15 is 0 Å². The number of nitrogens with zero attached hydrogens (tertiary/aromatic N) is 2. The first-order valence-electron chi connectivity index (χ1n) is 8.19. The highest BCUT2D eigenvalue weighted by Gasteiger charge is 2.28. The Morgan fingerprint density at radius 2 is 1.96 bits per heavy atom. The van der Waals surface area contributed by atoms with Gasteiger partial charge in [0.15, 0.2) is 0 Å². The highest BCUT2D eigenvalue weighted by molar-refractivity contribution is 6.33. The van der Waals surface area contributed by atoms with Crippen LogP contribution in [0.3, 0.4) is 0 Å². The summed E-state index contributed by atoms with van der Waals surface area (Å²) >= 11 is 6.12. The van der Waals surface area contributed by atoms with Gasteiger partial charge in [0.1, 0.15) is 5.75 Å². The SMILES string of the molecule is CCCOc1ccc(Cl)cc1/C=C1/C(=O)N(c2ccccc2)N=C1C. The van der Waals surface area contributed by atoms with Crippen molar-refractivity contribution in [3.8, 4) is 5.75 Å². The van der Waals surface area contributed by atoms with E-state index in [4.69, 9.17) is 16.3 Å². The third-order valence-electron chi connectivity index (χ3n) is 3.80. The number of hydrogen-bond donors (Lipinski definition) is 0. The Morgan fingerprint density at radius 3 is 2.68 bits per heavy atom. The van der Waals surface area contributed by atoms with Gasteiger partial charge in [-0.05, 0) is 49.8 Å². The van der Waals surface area contributed by atoms with Gasteiger partial charge in [0.2, 0.25) is 0 Å². The number of halogens is 1. The molecular weight excluding hydrogens is 336 g/mol. The molecule has 0 saturated heterocycles. The molecule has 0 bridgehead atoms. The molecule has 25 heavy (non-hydrogen) atoms. The summed E-state index contributed by atoms with van der Waals surface area (Å²) in [6.45, 7) is 4.47. The van der Waals surface area contributed by atoms with Crippen LogP contribution in [0.2, 0.25) is 5.02 Å². The summed E-state index contributed by atoms with van der Waals surface area (Å²) in [5.74, 6) is 0.544. The van der Waals surface area contributed by atoms with Crippen molar-refractivity contribution in [2.24, 2.45) is 5.10 Å². The van der Waals surface area contributed by atoms with E-state index in [1.165, 1.54) is 5.01 Å². The molecule has 0 N–H and O–H groups in total. The molecule has 2 aromatic carbocycles. The standard InChI is InChI=1S/C20H19ClN2O2/c1-3-11-25-19-10-9-16(21)12-15(19)13-18-14(2)22-23(20(18)24)17-7-5-4-6-8-17/h4-10,12-13H,3,11H2,1-2H3/b18-13+. The fourth-order valence-corrected chi connectivity index (χ4v) is 2.74. The zero-order chi connectivity index (χ0) is 17.8. The van der Waals surface area contributed by atoms with Gasteiger partial charge in [-0.15, -0.1) is 0 Å². The largest absolute Gasteiger partial charge is 0.493 e. The molecule has 0 unspecified atom stereocenters. The lowest BCUT2D eigenvalue weighted by Gasteiger charge is -2.12. The van der Waals surface area contributed by atoms with Crippen LogP contribution in [0.4, 0.5) is 5.69 Å². The number of carbonyl (C=O) groups is 1. The molecule has 1 amide bonds. The molecule has 0 atom stereocenters. The summed E-state index contributed by atoms with van der Waals surface area (Å²) < 4.78 is 5.77. The van der Waals surface area contributed by atoms with Gasteiger partial charge in [-0.1, -0.05) is 36.7 Å². The molecule has 0 aliphatic carbocycles. The molecule has 0 radical (unpaired) electrons. The van der Waals surface area contributed by atoms with Gasteiger partial charge >= 0.3 is 0 Å². The predicted octanol–water partition coefficient (Wildman–Crippen LogP) is 4.93. The molecule has 0 aromatic heterocycles. The van der Waals surface area contributed by atoms with E-state index < -0.39 is 0 Å². The summed E-state index contributed by atoms with van der Waals surface area (Å²) in [6.07, 6.45) is 2.70. The molecule has 1 aliphatic rings. The molecule has 0 spiro atoms. The lowest BCUT2D eigenvalue weighted by Crippen LogP contribution is -2.21. The molecule has 0 fully saturated rings. The molecule has 3 rings (SSSR count). The van der Waals surface area contributed by atoms with Crippen molar-refractivity contribution in [3.63, 3.8) is 0 Å². The van der Waals surface area contributed by atoms with Gasteiger partial charge in [0.25, 0.3) is 5.91 Å². The lowest BCUT2D eigenvalue weighted by molar-refractivity contribution is -0.114. The first-order chi connectivity index (χ1) is 12.1. The van der Waals surface area contributed by atoms with E-state index in [0.29, 0.717) is 28.7 Å². The summed E-state index contributed by atoms with van der Waals surface area (Å²) in [4.78, 5) is 12.8. The average Bonchev–Trinajstić information content (AvgIpc) is 2.90. The third-order valence-corrected chi connectivity index (χ3v) is 4.03. The predicted molar refractivity (Wildman–Crippen MR) is 102 cm³/mol. The van der Waals surface area contributed by atoms with Gasteiger partial charge < -0.3 is 4.74 Å². The number of para-hydroxylation sites is 1. The minimum atomic E-state index is -0.162. The Bertz CT molecular complexity index is 844. The Labute approximate surface area is 152 Å². The number of benzene rings is 2. The van der Waals surface area contributed by atoms with Crippen molar-refractivity contribution in [2.75, 3.05) is 11.6 Å². The average molecular weight is 355 g/mol. The third kappa shape index (κ3) is 3.74. The van der Waals surface area contributed by atoms with Gasteiger partial charge in [-0.25, -0.2) is 0 Å². The zero-order valence-electron chi connectivity index (χ0n) is 14.2. The van der Waals surface area contributed by atoms with Gasteiger partial charge in [0.05, 0.1) is 23.6 Å². The van der Waals surface area contributed by atoms with Crippen molar-refractivity contribution in [2.45, 2.75) is 20.3 Å². The molecule has 0 saturated carbocycles. The molecule has 1 heterocycles. The maximum Gasteiger partial charge on any atom is 0.280 e. The molecule has 5 heteroatoms. The van der Waals surface area contributed by atoms with E-state index in [-0.39, 0.29) is 5.91 Å². The second-order valence-corrected chi connectivity index (χ2v) is 6.16. The van der Waals surface area contributed by atoms with Crippen LogP contribution in [0.25, 0.3) is 6.08 Å². The van der Waals surface area contributed by atoms with E-state index in [2.05, 4.69) is 5.10 Å². The van der Waals surface area contributed by atoms with Crippen LogP contribution in [-0.2, 0) is 4.79 Å². The summed E-state index contributed by atoms with van der Waals surface area (Å²) in [5.41, 5.74) is 2.71. The van der Waals surface area contributed by atoms with Crippen molar-refractivity contribution < 1.29 is 9.53 Å². The van der Waals surface area contributed by atoms with Crippen LogP contribution in [0.1, 0.15) is 25.8 Å². The maximum absolute atomic E-state index is 12.8. The van der Waals surface area contributed by atoms with Crippen LogP contribution in [0.15, 0.2) is 59.2 Å². The highest BCUT2D eigenvalue weighted by atomic mass is 35.5. The fourth-order valence-electron chi connectivity index (χ4n) is 2.56. The fraction of sp³-hybridized carbons (Fsp3) is 0.200. The van der Waals surface area contributed by atoms with Crippen molar-refractivity contribution in [3.05, 3.63) is 64.7 Å². The quantitative estimate of drug-likeness (QED) is 0.714. The smallest absolute Gasteiger partial charge is 0.280 e. The number of amides is 1. The minimum absolute atomic E-state index is 0.162. The molecule has 2 aromatic rings. The molecular formula is C20H19ClN2O2. The van der Waals surface area contributed by atoms with Crippen LogP contribution in [0, 0.1) is 0 Å². The number of hydrogen-bond acceptors (Lipinski definition) is 3. The van der Waals surface area contributed by atoms with Gasteiger partial charge in [-0.3, -0.25) is 4.79 Å². The molecule has 128 valence electrons.